The van der Waals surface area contributed by atoms with E-state index in [2.05, 4.69) is 5.32 Å². The highest BCUT2D eigenvalue weighted by molar-refractivity contribution is 7.90. The summed E-state index contributed by atoms with van der Waals surface area (Å²) in [5.74, 6) is -0.523. The second kappa shape index (κ2) is 6.15. The Morgan fingerprint density at radius 3 is 2.81 bits per heavy atom. The number of carbonyl (C=O) groups excluding carboxylic acids is 1. The number of amides is 1. The van der Waals surface area contributed by atoms with Gasteiger partial charge in [-0.15, -0.1) is 0 Å². The molecule has 6 heteroatoms. The van der Waals surface area contributed by atoms with E-state index in [4.69, 9.17) is 0 Å². The second-order valence-electron chi connectivity index (χ2n) is 5.70. The highest BCUT2D eigenvalue weighted by Crippen LogP contribution is 2.34. The molecule has 21 heavy (non-hydrogen) atoms. The van der Waals surface area contributed by atoms with Crippen LogP contribution >= 0.6 is 0 Å². The SMILES string of the molecule is CS(=O)(=O)CCC(=O)NCC1(O)CCCc2ccccc21. The predicted octanol–water partition coefficient (Wildman–Crippen LogP) is 0.761. The van der Waals surface area contributed by atoms with Crippen molar-refractivity contribution in [2.75, 3.05) is 18.6 Å². The van der Waals surface area contributed by atoms with Crippen molar-refractivity contribution in [1.29, 1.82) is 0 Å². The zero-order valence-corrected chi connectivity index (χ0v) is 12.9. The van der Waals surface area contributed by atoms with Crippen LogP contribution in [0.4, 0.5) is 0 Å². The minimum atomic E-state index is -3.15. The molecule has 0 saturated carbocycles. The first kappa shape index (κ1) is 16.0. The van der Waals surface area contributed by atoms with Crippen LogP contribution in [0.5, 0.6) is 0 Å². The van der Waals surface area contributed by atoms with Gasteiger partial charge < -0.3 is 10.4 Å². The summed E-state index contributed by atoms with van der Waals surface area (Å²) in [6.45, 7) is 0.118. The molecule has 0 bridgehead atoms. The van der Waals surface area contributed by atoms with Gasteiger partial charge in [0.15, 0.2) is 0 Å². The summed E-state index contributed by atoms with van der Waals surface area (Å²) in [7, 11) is -3.15. The molecule has 0 saturated heterocycles. The molecule has 1 aromatic carbocycles. The smallest absolute Gasteiger partial charge is 0.221 e. The van der Waals surface area contributed by atoms with Crippen LogP contribution in [-0.2, 0) is 26.7 Å². The number of nitrogens with one attached hydrogen (secondary N) is 1. The Morgan fingerprint density at radius 2 is 2.10 bits per heavy atom. The fraction of sp³-hybridized carbons (Fsp3) is 0.533. The molecule has 0 aliphatic heterocycles. The van der Waals surface area contributed by atoms with Crippen LogP contribution in [0.1, 0.15) is 30.4 Å². The highest BCUT2D eigenvalue weighted by Gasteiger charge is 2.34. The van der Waals surface area contributed by atoms with Gasteiger partial charge in [0.25, 0.3) is 0 Å². The molecule has 1 aliphatic rings. The molecule has 0 aromatic heterocycles. The lowest BCUT2D eigenvalue weighted by Crippen LogP contribution is -2.43. The lowest BCUT2D eigenvalue weighted by molar-refractivity contribution is -0.122. The molecule has 1 aliphatic carbocycles. The molecule has 5 nitrogen and oxygen atoms in total. The molecule has 2 rings (SSSR count). The van der Waals surface area contributed by atoms with Crippen molar-refractivity contribution in [1.82, 2.24) is 5.32 Å². The normalized spacial score (nSPS) is 21.6. The third-order valence-corrected chi connectivity index (χ3v) is 4.78. The zero-order chi connectivity index (χ0) is 15.5. The third-order valence-electron chi connectivity index (χ3n) is 3.83. The Morgan fingerprint density at radius 1 is 1.38 bits per heavy atom. The molecule has 0 fully saturated rings. The number of sulfone groups is 1. The van der Waals surface area contributed by atoms with Gasteiger partial charge in [0.1, 0.15) is 15.4 Å². The maximum absolute atomic E-state index is 11.7. The van der Waals surface area contributed by atoms with Gasteiger partial charge in [0.05, 0.1) is 12.3 Å². The molecular weight excluding hydrogens is 290 g/mol. The summed E-state index contributed by atoms with van der Waals surface area (Å²) in [5, 5.41) is 13.4. The van der Waals surface area contributed by atoms with Crippen LogP contribution in [0.2, 0.25) is 0 Å². The number of aliphatic hydroxyl groups is 1. The monoisotopic (exact) mass is 311 g/mol. The summed E-state index contributed by atoms with van der Waals surface area (Å²) >= 11 is 0. The van der Waals surface area contributed by atoms with E-state index in [1.54, 1.807) is 0 Å². The van der Waals surface area contributed by atoms with E-state index in [9.17, 15) is 18.3 Å². The average Bonchev–Trinajstić information content (AvgIpc) is 2.43. The quantitative estimate of drug-likeness (QED) is 0.841. The van der Waals surface area contributed by atoms with Crippen molar-refractivity contribution in [2.45, 2.75) is 31.3 Å². The third kappa shape index (κ3) is 4.28. The van der Waals surface area contributed by atoms with Crippen LogP contribution in [0.3, 0.4) is 0 Å². The molecule has 1 amide bonds. The van der Waals surface area contributed by atoms with E-state index in [1.165, 1.54) is 0 Å². The molecule has 1 aromatic rings. The van der Waals surface area contributed by atoms with Crippen LogP contribution in [0.25, 0.3) is 0 Å². The average molecular weight is 311 g/mol. The van der Waals surface area contributed by atoms with Crippen molar-refractivity contribution >= 4 is 15.7 Å². The predicted molar refractivity (Wildman–Crippen MR) is 80.6 cm³/mol. The Labute approximate surface area is 125 Å². The zero-order valence-electron chi connectivity index (χ0n) is 12.1. The number of fused-ring (bicyclic) bond motifs is 1. The first-order chi connectivity index (χ1) is 9.80. The largest absolute Gasteiger partial charge is 0.383 e. The number of hydrogen-bond acceptors (Lipinski definition) is 4. The summed E-state index contributed by atoms with van der Waals surface area (Å²) in [6, 6.07) is 7.69. The highest BCUT2D eigenvalue weighted by atomic mass is 32.2. The number of hydrogen-bond donors (Lipinski definition) is 2. The summed E-state index contributed by atoms with van der Waals surface area (Å²) in [4.78, 5) is 11.7. The summed E-state index contributed by atoms with van der Waals surface area (Å²) in [5.41, 5.74) is 0.909. The van der Waals surface area contributed by atoms with Crippen LogP contribution in [0.15, 0.2) is 24.3 Å². The van der Waals surface area contributed by atoms with Gasteiger partial charge in [0.2, 0.25) is 5.91 Å². The maximum atomic E-state index is 11.7. The van der Waals surface area contributed by atoms with Crippen molar-refractivity contribution < 1.29 is 18.3 Å². The summed E-state index contributed by atoms with van der Waals surface area (Å²) < 4.78 is 22.1. The van der Waals surface area contributed by atoms with Crippen molar-refractivity contribution in [3.8, 4) is 0 Å². The van der Waals surface area contributed by atoms with E-state index >= 15 is 0 Å². The minimum absolute atomic E-state index is 0.0729. The Balaban J connectivity index is 1.98. The van der Waals surface area contributed by atoms with E-state index in [0.717, 1.165) is 30.2 Å². The van der Waals surface area contributed by atoms with Gasteiger partial charge in [-0.05, 0) is 30.4 Å². The maximum Gasteiger partial charge on any atom is 0.221 e. The van der Waals surface area contributed by atoms with Crippen LogP contribution < -0.4 is 5.32 Å². The second-order valence-corrected chi connectivity index (χ2v) is 7.96. The molecule has 0 radical (unpaired) electrons. The topological polar surface area (TPSA) is 83.5 Å². The molecule has 1 atom stereocenters. The van der Waals surface area contributed by atoms with Crippen LogP contribution in [-0.4, -0.2) is 38.0 Å². The number of rotatable bonds is 5. The van der Waals surface area contributed by atoms with E-state index in [1.807, 2.05) is 24.3 Å². The van der Waals surface area contributed by atoms with Gasteiger partial charge in [-0.2, -0.15) is 0 Å². The molecule has 116 valence electrons. The molecular formula is C15H21NO4S. The lowest BCUT2D eigenvalue weighted by Gasteiger charge is -2.34. The standard InChI is InChI=1S/C15H21NO4S/c1-21(19,20)10-8-14(17)16-11-15(18)9-4-6-12-5-2-3-7-13(12)15/h2-3,5,7,18H,4,6,8-11H2,1H3,(H,16,17). The number of aryl methyl sites for hydroxylation is 1. The van der Waals surface area contributed by atoms with Gasteiger partial charge in [-0.3, -0.25) is 4.79 Å². The van der Waals surface area contributed by atoms with Crippen molar-refractivity contribution in [2.24, 2.45) is 0 Å². The van der Waals surface area contributed by atoms with Gasteiger partial charge in [-0.1, -0.05) is 24.3 Å². The first-order valence-corrected chi connectivity index (χ1v) is 9.11. The molecule has 2 N–H and O–H groups in total. The Kier molecular flexibility index (Phi) is 4.68. The van der Waals surface area contributed by atoms with E-state index in [-0.39, 0.29) is 24.6 Å². The Bertz CT molecular complexity index is 626. The summed E-state index contributed by atoms with van der Waals surface area (Å²) in [6.07, 6.45) is 3.42. The Hall–Kier alpha value is -1.40. The molecule has 0 spiro atoms. The van der Waals surface area contributed by atoms with Crippen molar-refractivity contribution in [3.63, 3.8) is 0 Å². The van der Waals surface area contributed by atoms with Gasteiger partial charge in [-0.25, -0.2) is 8.42 Å². The van der Waals surface area contributed by atoms with E-state index < -0.39 is 15.4 Å². The molecule has 1 unspecified atom stereocenters. The lowest BCUT2D eigenvalue weighted by atomic mass is 9.79. The first-order valence-electron chi connectivity index (χ1n) is 7.05. The van der Waals surface area contributed by atoms with Crippen LogP contribution in [0, 0.1) is 0 Å². The van der Waals surface area contributed by atoms with Crippen molar-refractivity contribution in [3.05, 3.63) is 35.4 Å². The minimum Gasteiger partial charge on any atom is -0.383 e. The number of carbonyl (C=O) groups is 1. The molecule has 0 heterocycles. The fourth-order valence-electron chi connectivity index (χ4n) is 2.69. The van der Waals surface area contributed by atoms with E-state index in [0.29, 0.717) is 6.42 Å². The number of benzene rings is 1. The van der Waals surface area contributed by atoms with Gasteiger partial charge >= 0.3 is 0 Å². The fourth-order valence-corrected chi connectivity index (χ4v) is 3.25. The van der Waals surface area contributed by atoms with Gasteiger partial charge in [0, 0.05) is 12.7 Å².